The van der Waals surface area contributed by atoms with Gasteiger partial charge in [-0.15, -0.1) is 0 Å². The highest BCUT2D eigenvalue weighted by Crippen LogP contribution is 2.23. The second kappa shape index (κ2) is 6.07. The van der Waals surface area contributed by atoms with E-state index in [4.69, 9.17) is 4.74 Å². The molecule has 1 aliphatic carbocycles. The molecule has 2 aliphatic rings. The molecule has 0 aromatic heterocycles. The van der Waals surface area contributed by atoms with Crippen LogP contribution < -0.4 is 5.32 Å². The lowest BCUT2D eigenvalue weighted by Crippen LogP contribution is -2.34. The molecule has 5 heteroatoms. The molecule has 1 saturated heterocycles. The number of ether oxygens (including phenoxy) is 1. The van der Waals surface area contributed by atoms with Crippen molar-refractivity contribution >= 4 is 0 Å². The van der Waals surface area contributed by atoms with Crippen molar-refractivity contribution in [2.24, 2.45) is 0 Å². The quantitative estimate of drug-likeness (QED) is 0.738. The summed E-state index contributed by atoms with van der Waals surface area (Å²) in [6.07, 6.45) is 2.76. The molecule has 0 aromatic carbocycles. The molecule has 0 spiro atoms. The minimum Gasteiger partial charge on any atom is -0.372 e. The van der Waals surface area contributed by atoms with Crippen molar-refractivity contribution in [2.45, 2.75) is 50.4 Å². The van der Waals surface area contributed by atoms with Gasteiger partial charge in [0.1, 0.15) is 0 Å². The van der Waals surface area contributed by atoms with Crippen LogP contribution in [0.5, 0.6) is 0 Å². The first-order valence-corrected chi connectivity index (χ1v) is 6.49. The van der Waals surface area contributed by atoms with E-state index in [-0.39, 0.29) is 18.8 Å². The lowest BCUT2D eigenvalue weighted by molar-refractivity contribution is 0.0157. The molecule has 0 amide bonds. The lowest BCUT2D eigenvalue weighted by Gasteiger charge is -2.21. The molecule has 1 heterocycles. The van der Waals surface area contributed by atoms with Gasteiger partial charge in [0.05, 0.1) is 18.8 Å². The summed E-state index contributed by atoms with van der Waals surface area (Å²) in [5.41, 5.74) is 0. The fourth-order valence-corrected chi connectivity index (χ4v) is 2.31. The molecule has 0 radical (unpaired) electrons. The van der Waals surface area contributed by atoms with Crippen LogP contribution in [0.15, 0.2) is 0 Å². The molecule has 0 bridgehead atoms. The van der Waals surface area contributed by atoms with Crippen molar-refractivity contribution in [1.82, 2.24) is 10.2 Å². The Balaban J connectivity index is 1.59. The zero-order chi connectivity index (χ0) is 12.3. The van der Waals surface area contributed by atoms with Gasteiger partial charge in [-0.1, -0.05) is 0 Å². The first kappa shape index (κ1) is 13.2. The van der Waals surface area contributed by atoms with E-state index in [2.05, 4.69) is 5.32 Å². The van der Waals surface area contributed by atoms with Crippen LogP contribution in [-0.4, -0.2) is 56.3 Å². The van der Waals surface area contributed by atoms with Gasteiger partial charge in [0, 0.05) is 19.1 Å². The van der Waals surface area contributed by atoms with Gasteiger partial charge in [-0.05, 0) is 32.7 Å². The van der Waals surface area contributed by atoms with Gasteiger partial charge in [0.25, 0.3) is 6.43 Å². The van der Waals surface area contributed by atoms with Gasteiger partial charge >= 0.3 is 0 Å². The summed E-state index contributed by atoms with van der Waals surface area (Å²) in [4.78, 5) is 1.66. The smallest absolute Gasteiger partial charge is 0.251 e. The highest BCUT2D eigenvalue weighted by molar-refractivity contribution is 4.84. The van der Waals surface area contributed by atoms with Gasteiger partial charge in [0.2, 0.25) is 0 Å². The number of alkyl halides is 2. The predicted molar refractivity (Wildman–Crippen MR) is 62.4 cm³/mol. The van der Waals surface area contributed by atoms with Crippen molar-refractivity contribution in [3.05, 3.63) is 0 Å². The van der Waals surface area contributed by atoms with Crippen LogP contribution in [0.3, 0.4) is 0 Å². The third-order valence-corrected chi connectivity index (χ3v) is 3.37. The third-order valence-electron chi connectivity index (χ3n) is 3.37. The predicted octanol–water partition coefficient (Wildman–Crippen LogP) is 1.48. The molecule has 2 rings (SSSR count). The van der Waals surface area contributed by atoms with Crippen LogP contribution in [0.2, 0.25) is 0 Å². The molecule has 1 N–H and O–H groups in total. The van der Waals surface area contributed by atoms with Gasteiger partial charge < -0.3 is 10.1 Å². The molecule has 17 heavy (non-hydrogen) atoms. The Morgan fingerprint density at radius 3 is 2.59 bits per heavy atom. The van der Waals surface area contributed by atoms with E-state index in [0.717, 1.165) is 19.4 Å². The summed E-state index contributed by atoms with van der Waals surface area (Å²) in [5.74, 6) is 0. The van der Waals surface area contributed by atoms with E-state index in [1.54, 1.807) is 11.9 Å². The largest absolute Gasteiger partial charge is 0.372 e. The number of nitrogens with one attached hydrogen (secondary N) is 1. The van der Waals surface area contributed by atoms with Crippen molar-refractivity contribution in [3.63, 3.8) is 0 Å². The van der Waals surface area contributed by atoms with E-state index in [1.165, 1.54) is 12.8 Å². The van der Waals surface area contributed by atoms with E-state index >= 15 is 0 Å². The number of hydrogen-bond acceptors (Lipinski definition) is 3. The molecule has 0 aromatic rings. The number of halogens is 2. The monoisotopic (exact) mass is 248 g/mol. The minimum absolute atomic E-state index is 0.129. The summed E-state index contributed by atoms with van der Waals surface area (Å²) < 4.78 is 30.2. The Morgan fingerprint density at radius 1 is 1.24 bits per heavy atom. The maximum absolute atomic E-state index is 12.2. The van der Waals surface area contributed by atoms with Crippen LogP contribution in [0.1, 0.15) is 25.7 Å². The summed E-state index contributed by atoms with van der Waals surface area (Å²) in [7, 11) is 1.73. The fourth-order valence-electron chi connectivity index (χ4n) is 2.31. The molecule has 1 saturated carbocycles. The van der Waals surface area contributed by atoms with E-state index in [9.17, 15) is 8.78 Å². The maximum Gasteiger partial charge on any atom is 0.251 e. The first-order valence-electron chi connectivity index (χ1n) is 6.49. The molecule has 2 atom stereocenters. The summed E-state index contributed by atoms with van der Waals surface area (Å²) in [5, 5.41) is 3.45. The Labute approximate surface area is 101 Å². The highest BCUT2D eigenvalue weighted by Gasteiger charge is 2.28. The van der Waals surface area contributed by atoms with Crippen LogP contribution >= 0.6 is 0 Å². The van der Waals surface area contributed by atoms with Crippen LogP contribution in [-0.2, 0) is 4.74 Å². The Hall–Kier alpha value is -0.260. The van der Waals surface area contributed by atoms with Crippen LogP contribution in [0, 0.1) is 0 Å². The topological polar surface area (TPSA) is 24.5 Å². The van der Waals surface area contributed by atoms with Crippen molar-refractivity contribution in [1.29, 1.82) is 0 Å². The zero-order valence-electron chi connectivity index (χ0n) is 10.4. The minimum atomic E-state index is -2.26. The van der Waals surface area contributed by atoms with Crippen molar-refractivity contribution < 1.29 is 13.5 Å². The Bertz CT molecular complexity index is 237. The average molecular weight is 248 g/mol. The second-order valence-electron chi connectivity index (χ2n) is 5.25. The molecule has 3 nitrogen and oxygen atoms in total. The molecule has 2 fully saturated rings. The molecular formula is C12H22F2N2O. The second-order valence-corrected chi connectivity index (χ2v) is 5.25. The van der Waals surface area contributed by atoms with Crippen molar-refractivity contribution in [3.8, 4) is 0 Å². The summed E-state index contributed by atoms with van der Waals surface area (Å²) in [6.45, 7) is 1.37. The molecule has 100 valence electrons. The van der Waals surface area contributed by atoms with Crippen LogP contribution in [0.25, 0.3) is 0 Å². The zero-order valence-corrected chi connectivity index (χ0v) is 10.4. The first-order chi connectivity index (χ1) is 8.13. The number of hydrogen-bond donors (Lipinski definition) is 1. The number of rotatable bonds is 7. The molecule has 2 unspecified atom stereocenters. The van der Waals surface area contributed by atoms with Gasteiger partial charge in [-0.3, -0.25) is 4.90 Å². The summed E-state index contributed by atoms with van der Waals surface area (Å²) >= 11 is 0. The highest BCUT2D eigenvalue weighted by atomic mass is 19.3. The van der Waals surface area contributed by atoms with Crippen LogP contribution in [0.4, 0.5) is 8.78 Å². The lowest BCUT2D eigenvalue weighted by atomic mass is 10.2. The van der Waals surface area contributed by atoms with E-state index in [0.29, 0.717) is 12.6 Å². The fraction of sp³-hybridized carbons (Fsp3) is 1.00. The van der Waals surface area contributed by atoms with Gasteiger partial charge in [-0.25, -0.2) is 8.78 Å². The van der Waals surface area contributed by atoms with E-state index < -0.39 is 6.43 Å². The average Bonchev–Trinajstić information content (AvgIpc) is 2.96. The number of nitrogens with zero attached hydrogens (tertiary/aromatic N) is 1. The Morgan fingerprint density at radius 2 is 1.94 bits per heavy atom. The summed E-state index contributed by atoms with van der Waals surface area (Å²) in [6, 6.07) is 0.708. The standard InChI is InChI=1S/C12H22F2N2O/c1-16(8-12(13)14)7-11-5-4-10(17-11)6-15-9-2-3-9/h9-12,15H,2-8H2,1H3. The SMILES string of the molecule is CN(CC(F)F)CC1CCC(CNC2CC2)O1. The normalized spacial score (nSPS) is 29.5. The molecular weight excluding hydrogens is 226 g/mol. The van der Waals surface area contributed by atoms with Gasteiger partial charge in [0.15, 0.2) is 0 Å². The van der Waals surface area contributed by atoms with Gasteiger partial charge in [-0.2, -0.15) is 0 Å². The molecule has 1 aliphatic heterocycles. The maximum atomic E-state index is 12.2. The Kier molecular flexibility index (Phi) is 4.70. The van der Waals surface area contributed by atoms with E-state index in [1.807, 2.05) is 0 Å². The van der Waals surface area contributed by atoms with Crippen molar-refractivity contribution in [2.75, 3.05) is 26.7 Å². The number of likely N-dealkylation sites (N-methyl/N-ethyl adjacent to an activating group) is 1. The third kappa shape index (κ3) is 4.85.